The molecule has 7 heteroatoms. The van der Waals surface area contributed by atoms with Crippen LogP contribution < -0.4 is 15.0 Å². The lowest BCUT2D eigenvalue weighted by atomic mass is 9.88. The Morgan fingerprint density at radius 3 is 2.33 bits per heavy atom. The Morgan fingerprint density at radius 2 is 1.67 bits per heavy atom. The molecule has 2 amide bonds. The lowest BCUT2D eigenvalue weighted by Gasteiger charge is -2.34. The molecule has 4 rings (SSSR count). The van der Waals surface area contributed by atoms with Gasteiger partial charge in [-0.05, 0) is 49.2 Å². The van der Waals surface area contributed by atoms with Gasteiger partial charge in [-0.25, -0.2) is 9.78 Å². The molecule has 2 fully saturated rings. The van der Waals surface area contributed by atoms with Crippen molar-refractivity contribution in [3.8, 4) is 5.75 Å². The van der Waals surface area contributed by atoms with E-state index in [9.17, 15) is 9.59 Å². The minimum atomic E-state index is -0.352. The second-order valence-corrected chi connectivity index (χ2v) is 7.88. The van der Waals surface area contributed by atoms with Crippen molar-refractivity contribution in [1.82, 2.24) is 9.88 Å². The number of hydrogen-bond acceptors (Lipinski definition) is 5. The second-order valence-electron chi connectivity index (χ2n) is 7.88. The maximum Gasteiger partial charge on any atom is 0.415 e. The number of aromatic nitrogens is 1. The van der Waals surface area contributed by atoms with Gasteiger partial charge in [-0.2, -0.15) is 0 Å². The number of hydrogen-bond donors (Lipinski definition) is 1. The van der Waals surface area contributed by atoms with E-state index in [0.29, 0.717) is 18.8 Å². The Balaban J connectivity index is 1.25. The largest absolute Gasteiger partial charge is 0.415 e. The SMILES string of the molecule is O=C(Nc1ccc(OC(=O)N2CCN(c3ccccn3)CC2)cc1)C1CCCCC1. The van der Waals surface area contributed by atoms with E-state index < -0.39 is 0 Å². The molecule has 1 aliphatic carbocycles. The molecule has 0 spiro atoms. The Labute approximate surface area is 177 Å². The van der Waals surface area contributed by atoms with Crippen LogP contribution in [-0.2, 0) is 4.79 Å². The lowest BCUT2D eigenvalue weighted by molar-refractivity contribution is -0.120. The van der Waals surface area contributed by atoms with Crippen LogP contribution in [0.25, 0.3) is 0 Å². The predicted molar refractivity (Wildman–Crippen MR) is 116 cm³/mol. The first kappa shape index (κ1) is 20.2. The number of nitrogens with zero attached hydrogens (tertiary/aromatic N) is 3. The maximum atomic E-state index is 12.5. The zero-order valence-corrected chi connectivity index (χ0v) is 17.1. The summed E-state index contributed by atoms with van der Waals surface area (Å²) in [5.41, 5.74) is 0.731. The molecule has 1 saturated carbocycles. The fourth-order valence-corrected chi connectivity index (χ4v) is 4.04. The van der Waals surface area contributed by atoms with E-state index in [1.54, 1.807) is 35.4 Å². The fraction of sp³-hybridized carbons (Fsp3) is 0.435. The average Bonchev–Trinajstić information content (AvgIpc) is 2.81. The smallest absolute Gasteiger partial charge is 0.410 e. The Bertz CT molecular complexity index is 843. The van der Waals surface area contributed by atoms with Crippen molar-refractivity contribution in [2.45, 2.75) is 32.1 Å². The van der Waals surface area contributed by atoms with Gasteiger partial charge >= 0.3 is 6.09 Å². The minimum absolute atomic E-state index is 0.0882. The molecule has 2 aromatic rings. The minimum Gasteiger partial charge on any atom is -0.410 e. The van der Waals surface area contributed by atoms with Crippen LogP contribution in [0.5, 0.6) is 5.75 Å². The van der Waals surface area contributed by atoms with Crippen LogP contribution in [0.3, 0.4) is 0 Å². The van der Waals surface area contributed by atoms with E-state index in [-0.39, 0.29) is 17.9 Å². The summed E-state index contributed by atoms with van der Waals surface area (Å²) in [5.74, 6) is 1.60. The van der Waals surface area contributed by atoms with Gasteiger partial charge in [0.2, 0.25) is 5.91 Å². The molecule has 1 aliphatic heterocycles. The number of anilines is 2. The molecule has 1 N–H and O–H groups in total. The number of piperazine rings is 1. The third-order valence-electron chi connectivity index (χ3n) is 5.81. The van der Waals surface area contributed by atoms with Crippen molar-refractivity contribution in [1.29, 1.82) is 0 Å². The predicted octanol–water partition coefficient (Wildman–Crippen LogP) is 3.92. The van der Waals surface area contributed by atoms with Crippen molar-refractivity contribution >= 4 is 23.5 Å². The van der Waals surface area contributed by atoms with Crippen LogP contribution in [0, 0.1) is 5.92 Å². The Hall–Kier alpha value is -3.09. The molecule has 30 heavy (non-hydrogen) atoms. The first-order chi connectivity index (χ1) is 14.7. The van der Waals surface area contributed by atoms with Gasteiger partial charge in [0.25, 0.3) is 0 Å². The molecule has 7 nitrogen and oxygen atoms in total. The topological polar surface area (TPSA) is 74.8 Å². The van der Waals surface area contributed by atoms with E-state index in [1.165, 1.54) is 6.42 Å². The van der Waals surface area contributed by atoms with E-state index in [2.05, 4.69) is 15.2 Å². The first-order valence-corrected chi connectivity index (χ1v) is 10.7. The summed E-state index contributed by atoms with van der Waals surface area (Å²) in [5, 5.41) is 2.97. The summed E-state index contributed by atoms with van der Waals surface area (Å²) in [6, 6.07) is 12.8. The average molecular weight is 409 g/mol. The normalized spacial score (nSPS) is 17.5. The highest BCUT2D eigenvalue weighted by Crippen LogP contribution is 2.25. The van der Waals surface area contributed by atoms with Crippen LogP contribution in [0.2, 0.25) is 0 Å². The number of amides is 2. The van der Waals surface area contributed by atoms with E-state index in [4.69, 9.17) is 4.74 Å². The molecule has 0 atom stereocenters. The van der Waals surface area contributed by atoms with Gasteiger partial charge in [-0.15, -0.1) is 0 Å². The summed E-state index contributed by atoms with van der Waals surface area (Å²) in [6.45, 7) is 2.62. The number of carbonyl (C=O) groups excluding carboxylic acids is 2. The molecule has 1 saturated heterocycles. The van der Waals surface area contributed by atoms with Gasteiger partial charge < -0.3 is 19.9 Å². The van der Waals surface area contributed by atoms with Gasteiger partial charge in [0.15, 0.2) is 0 Å². The van der Waals surface area contributed by atoms with Crippen LogP contribution in [-0.4, -0.2) is 48.1 Å². The molecule has 1 aromatic heterocycles. The monoisotopic (exact) mass is 408 g/mol. The maximum absolute atomic E-state index is 12.5. The number of nitrogens with one attached hydrogen (secondary N) is 1. The van der Waals surface area contributed by atoms with Gasteiger partial charge in [0.1, 0.15) is 11.6 Å². The summed E-state index contributed by atoms with van der Waals surface area (Å²) in [7, 11) is 0. The molecule has 0 radical (unpaired) electrons. The van der Waals surface area contributed by atoms with Gasteiger partial charge in [0.05, 0.1) is 0 Å². The Morgan fingerprint density at radius 1 is 0.933 bits per heavy atom. The van der Waals surface area contributed by atoms with E-state index in [1.807, 2.05) is 18.2 Å². The van der Waals surface area contributed by atoms with Crippen LogP contribution in [0.4, 0.5) is 16.3 Å². The molecule has 0 unspecified atom stereocenters. The molecule has 0 bridgehead atoms. The molecular weight excluding hydrogens is 380 g/mol. The van der Waals surface area contributed by atoms with Gasteiger partial charge in [-0.3, -0.25) is 4.79 Å². The summed E-state index contributed by atoms with van der Waals surface area (Å²) < 4.78 is 5.51. The first-order valence-electron chi connectivity index (χ1n) is 10.7. The molecule has 158 valence electrons. The summed E-state index contributed by atoms with van der Waals surface area (Å²) in [4.78, 5) is 33.1. The third kappa shape index (κ3) is 5.09. The van der Waals surface area contributed by atoms with Crippen molar-refractivity contribution < 1.29 is 14.3 Å². The number of carbonyl (C=O) groups is 2. The highest BCUT2D eigenvalue weighted by atomic mass is 16.6. The molecule has 2 heterocycles. The highest BCUT2D eigenvalue weighted by molar-refractivity contribution is 5.92. The highest BCUT2D eigenvalue weighted by Gasteiger charge is 2.24. The second kappa shape index (κ2) is 9.61. The van der Waals surface area contributed by atoms with Gasteiger partial charge in [-0.1, -0.05) is 25.3 Å². The van der Waals surface area contributed by atoms with Crippen molar-refractivity contribution in [2.75, 3.05) is 36.4 Å². The van der Waals surface area contributed by atoms with Gasteiger partial charge in [0, 0.05) is 44.0 Å². The van der Waals surface area contributed by atoms with Crippen LogP contribution in [0.1, 0.15) is 32.1 Å². The molecule has 1 aromatic carbocycles. The zero-order valence-electron chi connectivity index (χ0n) is 17.1. The third-order valence-corrected chi connectivity index (χ3v) is 5.81. The summed E-state index contributed by atoms with van der Waals surface area (Å²) in [6.07, 6.45) is 6.84. The standard InChI is InChI=1S/C23H28N4O3/c28-22(18-6-2-1-3-7-18)25-19-9-11-20(12-10-19)30-23(29)27-16-14-26(15-17-27)21-8-4-5-13-24-21/h4-5,8-13,18H,1-3,6-7,14-17H2,(H,25,28). The van der Waals surface area contributed by atoms with Crippen molar-refractivity contribution in [2.24, 2.45) is 5.92 Å². The number of rotatable bonds is 4. The van der Waals surface area contributed by atoms with Crippen molar-refractivity contribution in [3.05, 3.63) is 48.7 Å². The number of pyridine rings is 1. The number of ether oxygens (including phenoxy) is 1. The Kier molecular flexibility index (Phi) is 6.47. The van der Waals surface area contributed by atoms with Crippen LogP contribution >= 0.6 is 0 Å². The van der Waals surface area contributed by atoms with Crippen molar-refractivity contribution in [3.63, 3.8) is 0 Å². The quantitative estimate of drug-likeness (QED) is 0.830. The number of benzene rings is 1. The zero-order chi connectivity index (χ0) is 20.8. The lowest BCUT2D eigenvalue weighted by Crippen LogP contribution is -2.49. The van der Waals surface area contributed by atoms with E-state index in [0.717, 1.165) is 50.3 Å². The molecule has 2 aliphatic rings. The van der Waals surface area contributed by atoms with E-state index >= 15 is 0 Å². The molecular formula is C23H28N4O3. The van der Waals surface area contributed by atoms with Crippen LogP contribution in [0.15, 0.2) is 48.7 Å². The fourth-order valence-electron chi connectivity index (χ4n) is 4.04. The summed E-state index contributed by atoms with van der Waals surface area (Å²) >= 11 is 0.